The Morgan fingerprint density at radius 2 is 1.93 bits per heavy atom. The van der Waals surface area contributed by atoms with Crippen LogP contribution in [-0.4, -0.2) is 58.9 Å². The number of nitrogens with zero attached hydrogens (tertiary/aromatic N) is 1. The average molecular weight is 200 g/mol. The minimum absolute atomic E-state index is 0.0121. The number of rotatable bonds is 1. The van der Waals surface area contributed by atoms with Gasteiger partial charge in [0.2, 0.25) is 5.91 Å². The molecule has 1 amide bonds. The lowest BCUT2D eigenvalue weighted by Gasteiger charge is -2.19. The predicted molar refractivity (Wildman–Crippen MR) is 49.6 cm³/mol. The minimum Gasteiger partial charge on any atom is -0.388 e. The molecule has 3 atom stereocenters. The molecule has 0 radical (unpaired) electrons. The first-order valence-corrected chi connectivity index (χ1v) is 5.07. The summed E-state index contributed by atoms with van der Waals surface area (Å²) in [6.45, 7) is 1.41. The summed E-state index contributed by atoms with van der Waals surface area (Å²) in [6.07, 6.45) is 0.331. The normalized spacial score (nSPS) is 37.9. The molecule has 2 aliphatic heterocycles. The summed E-state index contributed by atoms with van der Waals surface area (Å²) >= 11 is 0. The Morgan fingerprint density at radius 1 is 1.29 bits per heavy atom. The fourth-order valence-corrected chi connectivity index (χ4v) is 2.07. The van der Waals surface area contributed by atoms with Gasteiger partial charge in [-0.2, -0.15) is 0 Å². The van der Waals surface area contributed by atoms with Crippen LogP contribution in [0, 0.1) is 0 Å². The molecule has 80 valence electrons. The van der Waals surface area contributed by atoms with Crippen LogP contribution in [0.3, 0.4) is 0 Å². The Labute approximate surface area is 82.7 Å². The number of β-amino-alcohol motifs (C(OH)–C–C–N with tert-alkyl or cyclic N) is 2. The number of aliphatic hydroxyl groups excluding tert-OH is 2. The van der Waals surface area contributed by atoms with Crippen molar-refractivity contribution >= 4 is 5.91 Å². The summed E-state index contributed by atoms with van der Waals surface area (Å²) in [5.74, 6) is 0.0121. The lowest BCUT2D eigenvalue weighted by molar-refractivity contribution is -0.132. The highest BCUT2D eigenvalue weighted by molar-refractivity contribution is 5.82. The van der Waals surface area contributed by atoms with Crippen LogP contribution in [0.2, 0.25) is 0 Å². The molecule has 0 aliphatic carbocycles. The fraction of sp³-hybridized carbons (Fsp3) is 0.889. The van der Waals surface area contributed by atoms with Crippen LogP contribution in [0.25, 0.3) is 0 Å². The van der Waals surface area contributed by atoms with Gasteiger partial charge in [0.25, 0.3) is 0 Å². The van der Waals surface area contributed by atoms with Gasteiger partial charge in [-0.05, 0) is 19.4 Å². The molecule has 0 aromatic heterocycles. The standard InChI is InChI=1S/C9H16N2O3/c12-7-4-11(5-8(7)13)9(14)6-2-1-3-10-6/h6-8,10,12-13H,1-5H2/t6-,7-,8+/m0/s1. The van der Waals surface area contributed by atoms with Crippen LogP contribution < -0.4 is 5.32 Å². The zero-order valence-corrected chi connectivity index (χ0v) is 8.02. The van der Waals surface area contributed by atoms with Gasteiger partial charge in [-0.3, -0.25) is 4.79 Å². The van der Waals surface area contributed by atoms with Gasteiger partial charge < -0.3 is 20.4 Å². The Bertz CT molecular complexity index is 218. The highest BCUT2D eigenvalue weighted by Crippen LogP contribution is 2.14. The molecule has 0 saturated carbocycles. The molecular weight excluding hydrogens is 184 g/mol. The molecule has 2 aliphatic rings. The number of carbonyl (C=O) groups is 1. The summed E-state index contributed by atoms with van der Waals surface area (Å²) in [5, 5.41) is 21.7. The van der Waals surface area contributed by atoms with Gasteiger partial charge in [-0.1, -0.05) is 0 Å². The second-order valence-electron chi connectivity index (χ2n) is 4.03. The van der Waals surface area contributed by atoms with Crippen molar-refractivity contribution < 1.29 is 15.0 Å². The first-order valence-electron chi connectivity index (χ1n) is 5.07. The third-order valence-corrected chi connectivity index (χ3v) is 2.93. The minimum atomic E-state index is -0.777. The number of nitrogens with one attached hydrogen (secondary N) is 1. The zero-order valence-electron chi connectivity index (χ0n) is 8.02. The Hall–Kier alpha value is -0.650. The van der Waals surface area contributed by atoms with Crippen molar-refractivity contribution in [1.82, 2.24) is 10.2 Å². The fourth-order valence-electron chi connectivity index (χ4n) is 2.07. The van der Waals surface area contributed by atoms with Crippen molar-refractivity contribution in [3.05, 3.63) is 0 Å². The molecule has 0 aromatic rings. The van der Waals surface area contributed by atoms with Crippen molar-refractivity contribution in [2.75, 3.05) is 19.6 Å². The van der Waals surface area contributed by atoms with Crippen molar-refractivity contribution in [3.63, 3.8) is 0 Å². The molecule has 2 fully saturated rings. The summed E-state index contributed by atoms with van der Waals surface area (Å²) < 4.78 is 0. The van der Waals surface area contributed by atoms with Crippen molar-refractivity contribution in [2.45, 2.75) is 31.1 Å². The molecule has 5 nitrogen and oxygen atoms in total. The van der Waals surface area contributed by atoms with Gasteiger partial charge in [0.05, 0.1) is 18.2 Å². The van der Waals surface area contributed by atoms with Gasteiger partial charge in [0.1, 0.15) is 0 Å². The van der Waals surface area contributed by atoms with Crippen LogP contribution >= 0.6 is 0 Å². The average Bonchev–Trinajstić information content (AvgIpc) is 2.76. The molecule has 0 spiro atoms. The number of carbonyl (C=O) groups excluding carboxylic acids is 1. The third-order valence-electron chi connectivity index (χ3n) is 2.93. The van der Waals surface area contributed by atoms with Crippen molar-refractivity contribution in [1.29, 1.82) is 0 Å². The lowest BCUT2D eigenvalue weighted by Crippen LogP contribution is -2.43. The topological polar surface area (TPSA) is 72.8 Å². The maximum Gasteiger partial charge on any atom is 0.239 e. The van der Waals surface area contributed by atoms with E-state index in [2.05, 4.69) is 5.32 Å². The molecule has 3 N–H and O–H groups in total. The van der Waals surface area contributed by atoms with Crippen LogP contribution in [0.1, 0.15) is 12.8 Å². The maximum atomic E-state index is 11.8. The van der Waals surface area contributed by atoms with Crippen LogP contribution in [-0.2, 0) is 4.79 Å². The quantitative estimate of drug-likeness (QED) is 0.472. The zero-order chi connectivity index (χ0) is 10.1. The second-order valence-corrected chi connectivity index (χ2v) is 4.03. The van der Waals surface area contributed by atoms with Gasteiger partial charge in [-0.15, -0.1) is 0 Å². The maximum absolute atomic E-state index is 11.8. The summed E-state index contributed by atoms with van der Waals surface area (Å²) in [5.41, 5.74) is 0. The highest BCUT2D eigenvalue weighted by Gasteiger charge is 2.36. The van der Waals surface area contributed by atoms with E-state index >= 15 is 0 Å². The first-order chi connectivity index (χ1) is 6.68. The Morgan fingerprint density at radius 3 is 2.43 bits per heavy atom. The van der Waals surface area contributed by atoms with Gasteiger partial charge in [0, 0.05) is 13.1 Å². The van der Waals surface area contributed by atoms with Crippen LogP contribution in [0.4, 0.5) is 0 Å². The Kier molecular flexibility index (Phi) is 2.71. The lowest BCUT2D eigenvalue weighted by atomic mass is 10.2. The molecular formula is C9H16N2O3. The number of amides is 1. The van der Waals surface area contributed by atoms with E-state index in [1.807, 2.05) is 0 Å². The van der Waals surface area contributed by atoms with E-state index in [4.69, 9.17) is 0 Å². The van der Waals surface area contributed by atoms with Crippen molar-refractivity contribution in [2.24, 2.45) is 0 Å². The number of likely N-dealkylation sites (tertiary alicyclic amines) is 1. The number of hydrogen-bond acceptors (Lipinski definition) is 4. The third kappa shape index (κ3) is 1.75. The summed E-state index contributed by atoms with van der Waals surface area (Å²) in [6, 6.07) is -0.104. The van der Waals surface area contributed by atoms with E-state index in [0.29, 0.717) is 0 Å². The second kappa shape index (κ2) is 3.84. The largest absolute Gasteiger partial charge is 0.388 e. The van der Waals surface area contributed by atoms with Gasteiger partial charge in [0.15, 0.2) is 0 Å². The van der Waals surface area contributed by atoms with E-state index < -0.39 is 12.2 Å². The SMILES string of the molecule is O=C([C@@H]1CCCN1)N1C[C@@H](O)[C@@H](O)C1. The highest BCUT2D eigenvalue weighted by atomic mass is 16.3. The summed E-state index contributed by atoms with van der Waals surface area (Å²) in [7, 11) is 0. The van der Waals surface area contributed by atoms with E-state index in [9.17, 15) is 15.0 Å². The van der Waals surface area contributed by atoms with E-state index in [-0.39, 0.29) is 25.0 Å². The molecule has 0 aromatic carbocycles. The molecule has 0 bridgehead atoms. The van der Waals surface area contributed by atoms with Crippen LogP contribution in [0.5, 0.6) is 0 Å². The molecule has 14 heavy (non-hydrogen) atoms. The Balaban J connectivity index is 1.92. The first kappa shape index (κ1) is 9.89. The molecule has 2 rings (SSSR count). The van der Waals surface area contributed by atoms with E-state index in [1.165, 1.54) is 0 Å². The number of hydrogen-bond donors (Lipinski definition) is 3. The van der Waals surface area contributed by atoms with Gasteiger partial charge >= 0.3 is 0 Å². The van der Waals surface area contributed by atoms with Crippen molar-refractivity contribution in [3.8, 4) is 0 Å². The smallest absolute Gasteiger partial charge is 0.239 e. The molecule has 5 heteroatoms. The predicted octanol–water partition coefficient (Wildman–Crippen LogP) is -1.70. The molecule has 2 saturated heterocycles. The monoisotopic (exact) mass is 200 g/mol. The molecule has 2 heterocycles. The molecule has 0 unspecified atom stereocenters. The summed E-state index contributed by atoms with van der Waals surface area (Å²) in [4.78, 5) is 13.3. The van der Waals surface area contributed by atoms with E-state index in [0.717, 1.165) is 19.4 Å². The van der Waals surface area contributed by atoms with Crippen LogP contribution in [0.15, 0.2) is 0 Å². The van der Waals surface area contributed by atoms with Gasteiger partial charge in [-0.25, -0.2) is 0 Å². The van der Waals surface area contributed by atoms with E-state index in [1.54, 1.807) is 4.90 Å². The number of aliphatic hydroxyl groups is 2.